The molecule has 5 rings (SSSR count). The normalized spacial score (nSPS) is 49.5. The second-order valence-corrected chi connectivity index (χ2v) is 12.2. The van der Waals surface area contributed by atoms with Crippen LogP contribution in [0, 0.1) is 39.4 Å². The SMILES string of the molecule is CC1(C)[C@H](O)CC[C@@]2(C)[C@@H]1CC=C1[C@@H]2CC[C@@]2(C)[C@H](C3=CC(=O)NC3=O)CC[C@]12C. The Hall–Kier alpha value is -1.42. The van der Waals surface area contributed by atoms with Gasteiger partial charge in [-0.15, -0.1) is 0 Å². The average molecular weight is 412 g/mol. The van der Waals surface area contributed by atoms with Crippen LogP contribution < -0.4 is 5.32 Å². The number of aliphatic hydroxyl groups excluding tert-OH is 1. The van der Waals surface area contributed by atoms with Gasteiger partial charge < -0.3 is 5.11 Å². The van der Waals surface area contributed by atoms with E-state index in [4.69, 9.17) is 0 Å². The fourth-order valence-electron chi connectivity index (χ4n) is 8.88. The minimum atomic E-state index is -0.254. The van der Waals surface area contributed by atoms with Crippen molar-refractivity contribution in [3.63, 3.8) is 0 Å². The lowest BCUT2D eigenvalue weighted by Gasteiger charge is -2.64. The van der Waals surface area contributed by atoms with Crippen molar-refractivity contribution < 1.29 is 14.7 Å². The quantitative estimate of drug-likeness (QED) is 0.492. The summed E-state index contributed by atoms with van der Waals surface area (Å²) in [5, 5.41) is 13.2. The molecule has 5 aliphatic rings. The smallest absolute Gasteiger partial charge is 0.254 e. The molecule has 3 fully saturated rings. The van der Waals surface area contributed by atoms with E-state index in [0.717, 1.165) is 44.9 Å². The predicted octanol–water partition coefficient (Wildman–Crippen LogP) is 4.54. The summed E-state index contributed by atoms with van der Waals surface area (Å²) in [6.45, 7) is 11.8. The van der Waals surface area contributed by atoms with Gasteiger partial charge >= 0.3 is 0 Å². The number of allylic oxidation sites excluding steroid dienone is 2. The maximum absolute atomic E-state index is 12.5. The molecule has 0 aromatic rings. The van der Waals surface area contributed by atoms with Gasteiger partial charge in [-0.2, -0.15) is 0 Å². The van der Waals surface area contributed by atoms with Crippen LogP contribution in [-0.4, -0.2) is 23.0 Å². The molecule has 0 unspecified atom stereocenters. The van der Waals surface area contributed by atoms with Crippen LogP contribution in [0.2, 0.25) is 0 Å². The van der Waals surface area contributed by atoms with E-state index in [1.807, 2.05) is 0 Å². The Balaban J connectivity index is 1.55. The van der Waals surface area contributed by atoms with Crippen LogP contribution >= 0.6 is 0 Å². The Labute approximate surface area is 180 Å². The van der Waals surface area contributed by atoms with Gasteiger partial charge in [-0.3, -0.25) is 14.9 Å². The van der Waals surface area contributed by atoms with Crippen LogP contribution in [0.5, 0.6) is 0 Å². The van der Waals surface area contributed by atoms with E-state index in [2.05, 4.69) is 46.0 Å². The summed E-state index contributed by atoms with van der Waals surface area (Å²) in [7, 11) is 0. The zero-order valence-corrected chi connectivity index (χ0v) is 19.2. The Morgan fingerprint density at radius 3 is 2.33 bits per heavy atom. The fraction of sp³-hybridized carbons (Fsp3) is 0.769. The molecule has 0 bridgehead atoms. The van der Waals surface area contributed by atoms with Crippen LogP contribution in [0.15, 0.2) is 23.3 Å². The number of nitrogens with one attached hydrogen (secondary N) is 1. The fourth-order valence-corrected chi connectivity index (χ4v) is 8.88. The molecule has 1 heterocycles. The molecule has 4 nitrogen and oxygen atoms in total. The van der Waals surface area contributed by atoms with Crippen molar-refractivity contribution in [2.45, 2.75) is 85.7 Å². The van der Waals surface area contributed by atoms with Gasteiger partial charge in [0.2, 0.25) is 0 Å². The average Bonchev–Trinajstić information content (AvgIpc) is 3.14. The van der Waals surface area contributed by atoms with Crippen molar-refractivity contribution in [2.75, 3.05) is 0 Å². The molecular formula is C26H37NO3. The summed E-state index contributed by atoms with van der Waals surface area (Å²) >= 11 is 0. The van der Waals surface area contributed by atoms with Crippen LogP contribution in [0.25, 0.3) is 0 Å². The second-order valence-electron chi connectivity index (χ2n) is 12.2. The number of hydrogen-bond acceptors (Lipinski definition) is 3. The van der Waals surface area contributed by atoms with E-state index in [-0.39, 0.29) is 45.5 Å². The van der Waals surface area contributed by atoms with Crippen LogP contribution in [0.3, 0.4) is 0 Å². The number of carbonyl (C=O) groups is 2. The zero-order chi connectivity index (χ0) is 21.7. The number of carbonyl (C=O) groups excluding carboxylic acids is 2. The van der Waals surface area contributed by atoms with E-state index in [1.165, 1.54) is 0 Å². The van der Waals surface area contributed by atoms with E-state index in [9.17, 15) is 14.7 Å². The number of rotatable bonds is 1. The molecule has 4 aliphatic carbocycles. The maximum Gasteiger partial charge on any atom is 0.254 e. The first kappa shape index (κ1) is 20.5. The van der Waals surface area contributed by atoms with Gasteiger partial charge in [0.25, 0.3) is 11.8 Å². The van der Waals surface area contributed by atoms with Crippen molar-refractivity contribution in [2.24, 2.45) is 39.4 Å². The first-order valence-corrected chi connectivity index (χ1v) is 11.9. The minimum absolute atomic E-state index is 0.00994. The molecule has 7 atom stereocenters. The van der Waals surface area contributed by atoms with Crippen molar-refractivity contribution in [1.29, 1.82) is 0 Å². The van der Waals surface area contributed by atoms with Gasteiger partial charge in [-0.05, 0) is 84.4 Å². The molecule has 3 saturated carbocycles. The lowest BCUT2D eigenvalue weighted by atomic mass is 9.41. The highest BCUT2D eigenvalue weighted by Gasteiger charge is 2.65. The number of fused-ring (bicyclic) bond motifs is 5. The van der Waals surface area contributed by atoms with E-state index < -0.39 is 0 Å². The number of hydrogen-bond donors (Lipinski definition) is 2. The third-order valence-corrected chi connectivity index (χ3v) is 11.0. The molecule has 1 aliphatic heterocycles. The van der Waals surface area contributed by atoms with Crippen LogP contribution in [0.4, 0.5) is 0 Å². The summed E-state index contributed by atoms with van der Waals surface area (Å²) in [4.78, 5) is 24.3. The summed E-state index contributed by atoms with van der Waals surface area (Å²) in [5.74, 6) is 0.800. The number of aliphatic hydroxyl groups is 1. The molecule has 4 heteroatoms. The number of amides is 2. The van der Waals surface area contributed by atoms with E-state index in [0.29, 0.717) is 17.4 Å². The third-order valence-electron chi connectivity index (χ3n) is 11.0. The monoisotopic (exact) mass is 411 g/mol. The molecule has 164 valence electrons. The molecule has 0 aromatic heterocycles. The molecule has 2 N–H and O–H groups in total. The van der Waals surface area contributed by atoms with Crippen molar-refractivity contribution in [3.05, 3.63) is 23.3 Å². The van der Waals surface area contributed by atoms with Crippen molar-refractivity contribution >= 4 is 11.8 Å². The summed E-state index contributed by atoms with van der Waals surface area (Å²) in [6.07, 6.45) is 11.2. The van der Waals surface area contributed by atoms with Crippen molar-refractivity contribution in [3.8, 4) is 0 Å². The first-order valence-electron chi connectivity index (χ1n) is 11.9. The van der Waals surface area contributed by atoms with Gasteiger partial charge in [0.15, 0.2) is 0 Å². The lowest BCUT2D eigenvalue weighted by molar-refractivity contribution is -0.130. The molecule has 0 saturated heterocycles. The molecule has 30 heavy (non-hydrogen) atoms. The Morgan fingerprint density at radius 1 is 0.967 bits per heavy atom. The number of imide groups is 1. The van der Waals surface area contributed by atoms with Gasteiger partial charge in [-0.1, -0.05) is 46.3 Å². The van der Waals surface area contributed by atoms with E-state index >= 15 is 0 Å². The molecule has 2 amide bonds. The van der Waals surface area contributed by atoms with Crippen LogP contribution in [0.1, 0.15) is 79.6 Å². The second kappa shape index (κ2) is 6.09. The zero-order valence-electron chi connectivity index (χ0n) is 19.2. The van der Waals surface area contributed by atoms with Crippen molar-refractivity contribution in [1.82, 2.24) is 5.32 Å². The highest BCUT2D eigenvalue weighted by molar-refractivity contribution is 6.16. The molecule has 0 radical (unpaired) electrons. The predicted molar refractivity (Wildman–Crippen MR) is 116 cm³/mol. The maximum atomic E-state index is 12.5. The molecule has 0 aromatic carbocycles. The van der Waals surface area contributed by atoms with Gasteiger partial charge in [0.1, 0.15) is 0 Å². The highest BCUT2D eigenvalue weighted by atomic mass is 16.3. The van der Waals surface area contributed by atoms with Gasteiger partial charge in [-0.25, -0.2) is 0 Å². The van der Waals surface area contributed by atoms with Gasteiger partial charge in [0.05, 0.1) is 6.10 Å². The largest absolute Gasteiger partial charge is 0.393 e. The molecule has 0 spiro atoms. The standard InChI is InChI=1S/C26H37NO3/c1-23(2)19-7-6-18-17(24(19,3)11-10-20(23)28)9-13-25(4)16(8-12-26(18,25)5)15-14-21(29)27-22(15)30/h6,14,16-17,19-20,28H,7-13H2,1-5H3,(H,27,29,30)/t16-,17-,19+,20+,24+,25-,26+/m0/s1. The Kier molecular flexibility index (Phi) is 4.16. The van der Waals surface area contributed by atoms with E-state index in [1.54, 1.807) is 11.6 Å². The highest BCUT2D eigenvalue weighted by Crippen LogP contribution is 2.73. The molecular weight excluding hydrogens is 374 g/mol. The summed E-state index contributed by atoms with van der Waals surface area (Å²) in [5.41, 5.74) is 2.59. The summed E-state index contributed by atoms with van der Waals surface area (Å²) in [6, 6.07) is 0. The first-order chi connectivity index (χ1) is 13.9. The minimum Gasteiger partial charge on any atom is -0.393 e. The van der Waals surface area contributed by atoms with Gasteiger partial charge in [0, 0.05) is 11.6 Å². The topological polar surface area (TPSA) is 66.4 Å². The van der Waals surface area contributed by atoms with Crippen LogP contribution in [-0.2, 0) is 9.59 Å². The Bertz CT molecular complexity index is 885. The Morgan fingerprint density at radius 2 is 1.67 bits per heavy atom. The lowest BCUT2D eigenvalue weighted by Crippen LogP contribution is -2.58. The summed E-state index contributed by atoms with van der Waals surface area (Å²) < 4.78 is 0. The third kappa shape index (κ3) is 2.32.